The highest BCUT2D eigenvalue weighted by Crippen LogP contribution is 2.37. The summed E-state index contributed by atoms with van der Waals surface area (Å²) in [6.45, 7) is 0.0570. The Bertz CT molecular complexity index is 215. The van der Waals surface area contributed by atoms with E-state index in [1.165, 1.54) is 0 Å². The van der Waals surface area contributed by atoms with Crippen molar-refractivity contribution in [1.29, 1.82) is 0 Å². The minimum atomic E-state index is -4.20. The van der Waals surface area contributed by atoms with Crippen molar-refractivity contribution in [1.82, 2.24) is 0 Å². The first-order valence-corrected chi connectivity index (χ1v) is 3.67. The predicted molar refractivity (Wildman–Crippen MR) is 34.3 cm³/mol. The van der Waals surface area contributed by atoms with E-state index in [0.29, 0.717) is 6.42 Å². The molecule has 1 atom stereocenters. The van der Waals surface area contributed by atoms with Crippen molar-refractivity contribution >= 4 is 0 Å². The molecule has 0 aromatic carbocycles. The molecule has 0 bridgehead atoms. The maximum atomic E-state index is 12.7. The van der Waals surface area contributed by atoms with Crippen molar-refractivity contribution in [3.63, 3.8) is 0 Å². The van der Waals surface area contributed by atoms with Crippen molar-refractivity contribution < 1.29 is 26.7 Å². The van der Waals surface area contributed by atoms with Crippen LogP contribution < -0.4 is 0 Å². The predicted octanol–water partition coefficient (Wildman–Crippen LogP) is 2.88. The number of halogens is 5. The monoisotopic (exact) mass is 202 g/mol. The molecule has 0 N–H and O–H groups in total. The van der Waals surface area contributed by atoms with E-state index < -0.39 is 23.9 Å². The van der Waals surface area contributed by atoms with Crippen LogP contribution in [-0.4, -0.2) is 18.6 Å². The number of hydrogen-bond acceptors (Lipinski definition) is 1. The maximum Gasteiger partial charge on any atom is 0.329 e. The second-order valence-electron chi connectivity index (χ2n) is 2.70. The lowest BCUT2D eigenvalue weighted by Gasteiger charge is -2.19. The fourth-order valence-corrected chi connectivity index (χ4v) is 1.13. The molecule has 1 nitrogen and oxygen atoms in total. The molecule has 0 saturated carbocycles. The fraction of sp³-hybridized carbons (Fsp3) is 0.714. The molecule has 13 heavy (non-hydrogen) atoms. The first-order valence-electron chi connectivity index (χ1n) is 3.67. The van der Waals surface area contributed by atoms with E-state index in [1.54, 1.807) is 0 Å². The lowest BCUT2D eigenvalue weighted by atomic mass is 10.1. The normalized spacial score (nSPS) is 23.3. The molecule has 76 valence electrons. The molecule has 0 amide bonds. The Kier molecular flexibility index (Phi) is 2.90. The van der Waals surface area contributed by atoms with Gasteiger partial charge in [-0.3, -0.25) is 0 Å². The van der Waals surface area contributed by atoms with Crippen LogP contribution in [0.2, 0.25) is 0 Å². The van der Waals surface area contributed by atoms with Crippen molar-refractivity contribution in [2.24, 2.45) is 0 Å². The fourth-order valence-electron chi connectivity index (χ4n) is 1.13. The lowest BCUT2D eigenvalue weighted by molar-refractivity contribution is -0.104. The molecule has 1 fully saturated rings. The van der Waals surface area contributed by atoms with E-state index in [0.717, 1.165) is 0 Å². The Balaban J connectivity index is 2.80. The molecular formula is C7H7F5O. The summed E-state index contributed by atoms with van der Waals surface area (Å²) in [5.74, 6) is -6.88. The Morgan fingerprint density at radius 2 is 1.85 bits per heavy atom. The largest absolute Gasteiger partial charge is 0.371 e. The van der Waals surface area contributed by atoms with E-state index in [9.17, 15) is 22.0 Å². The van der Waals surface area contributed by atoms with Crippen molar-refractivity contribution in [3.8, 4) is 0 Å². The van der Waals surface area contributed by atoms with Crippen molar-refractivity contribution in [3.05, 3.63) is 11.9 Å². The summed E-state index contributed by atoms with van der Waals surface area (Å²) >= 11 is 0. The van der Waals surface area contributed by atoms with Gasteiger partial charge in [0.1, 0.15) is 6.10 Å². The van der Waals surface area contributed by atoms with Gasteiger partial charge in [0.2, 0.25) is 5.83 Å². The quantitative estimate of drug-likeness (QED) is 0.625. The second-order valence-corrected chi connectivity index (χ2v) is 2.70. The van der Waals surface area contributed by atoms with Crippen LogP contribution in [0.5, 0.6) is 0 Å². The summed E-state index contributed by atoms with van der Waals surface area (Å²) in [7, 11) is 0. The zero-order valence-electron chi connectivity index (χ0n) is 6.50. The Morgan fingerprint density at radius 3 is 2.23 bits per heavy atom. The maximum absolute atomic E-state index is 12.7. The van der Waals surface area contributed by atoms with Gasteiger partial charge in [-0.05, 0) is 12.8 Å². The SMILES string of the molecule is FC(F)=C(F)C(F)(F)[C@H]1CCCO1. The number of hydrogen-bond donors (Lipinski definition) is 0. The highest BCUT2D eigenvalue weighted by atomic mass is 19.3. The third kappa shape index (κ3) is 1.99. The van der Waals surface area contributed by atoms with Crippen LogP contribution >= 0.6 is 0 Å². The molecule has 1 rings (SSSR count). The molecule has 0 aliphatic carbocycles. The summed E-state index contributed by atoms with van der Waals surface area (Å²) in [5.41, 5.74) is 0. The van der Waals surface area contributed by atoms with Crippen LogP contribution in [0.4, 0.5) is 22.0 Å². The van der Waals surface area contributed by atoms with Gasteiger partial charge in [0.15, 0.2) is 0 Å². The van der Waals surface area contributed by atoms with Crippen LogP contribution in [0, 0.1) is 0 Å². The topological polar surface area (TPSA) is 9.23 Å². The number of ether oxygens (including phenoxy) is 1. The summed E-state index contributed by atoms with van der Waals surface area (Å²) in [6, 6.07) is 0. The third-order valence-corrected chi connectivity index (χ3v) is 1.79. The van der Waals surface area contributed by atoms with Crippen LogP contribution in [0.1, 0.15) is 12.8 Å². The molecule has 1 saturated heterocycles. The van der Waals surface area contributed by atoms with Gasteiger partial charge in [-0.1, -0.05) is 0 Å². The van der Waals surface area contributed by atoms with E-state index in [-0.39, 0.29) is 13.0 Å². The van der Waals surface area contributed by atoms with Gasteiger partial charge < -0.3 is 4.74 Å². The van der Waals surface area contributed by atoms with E-state index in [2.05, 4.69) is 4.74 Å². The highest BCUT2D eigenvalue weighted by Gasteiger charge is 2.49. The highest BCUT2D eigenvalue weighted by molar-refractivity contribution is 5.08. The molecule has 0 aromatic rings. The zero-order chi connectivity index (χ0) is 10.1. The van der Waals surface area contributed by atoms with E-state index in [1.807, 2.05) is 0 Å². The summed E-state index contributed by atoms with van der Waals surface area (Å²) < 4.78 is 65.2. The molecule has 0 spiro atoms. The van der Waals surface area contributed by atoms with Gasteiger partial charge >= 0.3 is 12.0 Å². The average Bonchev–Trinajstić information content (AvgIpc) is 2.54. The molecule has 0 aromatic heterocycles. The molecule has 6 heteroatoms. The van der Waals surface area contributed by atoms with Gasteiger partial charge in [-0.2, -0.15) is 22.0 Å². The van der Waals surface area contributed by atoms with Crippen LogP contribution in [0.3, 0.4) is 0 Å². The van der Waals surface area contributed by atoms with Gasteiger partial charge in [0.25, 0.3) is 0 Å². The number of alkyl halides is 2. The Labute approximate surface area is 71.2 Å². The van der Waals surface area contributed by atoms with Crippen molar-refractivity contribution in [2.75, 3.05) is 6.61 Å². The molecule has 1 heterocycles. The van der Waals surface area contributed by atoms with Gasteiger partial charge in [0.05, 0.1) is 0 Å². The Morgan fingerprint density at radius 1 is 1.23 bits per heavy atom. The number of rotatable bonds is 2. The molecule has 0 unspecified atom stereocenters. The smallest absolute Gasteiger partial charge is 0.329 e. The van der Waals surface area contributed by atoms with Crippen LogP contribution in [0.15, 0.2) is 11.9 Å². The molecule has 1 aliphatic heterocycles. The molecular weight excluding hydrogens is 195 g/mol. The lowest BCUT2D eigenvalue weighted by Crippen LogP contribution is -2.33. The van der Waals surface area contributed by atoms with Gasteiger partial charge in [0, 0.05) is 6.61 Å². The Hall–Kier alpha value is -0.650. The van der Waals surface area contributed by atoms with E-state index >= 15 is 0 Å². The van der Waals surface area contributed by atoms with Gasteiger partial charge in [-0.25, -0.2) is 0 Å². The minimum absolute atomic E-state index is 0.0570. The minimum Gasteiger partial charge on any atom is -0.371 e. The first kappa shape index (κ1) is 10.4. The second kappa shape index (κ2) is 3.61. The van der Waals surface area contributed by atoms with Gasteiger partial charge in [-0.15, -0.1) is 0 Å². The average molecular weight is 202 g/mol. The standard InChI is InChI=1S/C7H7F5O/c8-5(6(9)10)7(11,12)4-2-1-3-13-4/h4H,1-3H2/t4-/m1/s1. The first-order chi connectivity index (χ1) is 5.96. The zero-order valence-corrected chi connectivity index (χ0v) is 6.50. The summed E-state index contributed by atoms with van der Waals surface area (Å²) in [6.07, 6.45) is -4.51. The molecule has 0 radical (unpaired) electrons. The van der Waals surface area contributed by atoms with Crippen LogP contribution in [0.25, 0.3) is 0 Å². The van der Waals surface area contributed by atoms with E-state index in [4.69, 9.17) is 0 Å². The summed E-state index contributed by atoms with van der Waals surface area (Å²) in [5, 5.41) is 0. The van der Waals surface area contributed by atoms with Crippen LogP contribution in [-0.2, 0) is 4.74 Å². The summed E-state index contributed by atoms with van der Waals surface area (Å²) in [4.78, 5) is 0. The molecule has 1 aliphatic rings. The van der Waals surface area contributed by atoms with Crippen molar-refractivity contribution in [2.45, 2.75) is 24.9 Å². The third-order valence-electron chi connectivity index (χ3n) is 1.79.